The summed E-state index contributed by atoms with van der Waals surface area (Å²) in [6.07, 6.45) is -4.19. The van der Waals surface area contributed by atoms with E-state index in [1.807, 2.05) is 5.32 Å². The number of nitrogens with two attached hydrogens (primary N) is 1. The van der Waals surface area contributed by atoms with Gasteiger partial charge in [-0.25, -0.2) is 4.79 Å². The first-order valence-electron chi connectivity index (χ1n) is 10.9. The van der Waals surface area contributed by atoms with Gasteiger partial charge in [0, 0.05) is 25.7 Å². The minimum absolute atomic E-state index is 0.301. The number of aliphatic carboxylic acids is 5. The van der Waals surface area contributed by atoms with Crippen LogP contribution in [0.4, 0.5) is 0 Å². The third-order valence-corrected chi connectivity index (χ3v) is 4.83. The number of hydrogen-bond donors (Lipinski definition) is 9. The number of carboxylic acids is 5. The molecule has 0 fully saturated rings. The summed E-state index contributed by atoms with van der Waals surface area (Å²) in [6, 6.07) is -6.28. The molecule has 17 nitrogen and oxygen atoms in total. The normalized spacial score (nSPS) is 13.8. The predicted octanol–water partition coefficient (Wildman–Crippen LogP) is -2.69. The van der Waals surface area contributed by atoms with Crippen LogP contribution in [0.5, 0.6) is 0 Å². The summed E-state index contributed by atoms with van der Waals surface area (Å²) in [5.74, 6) is -10.1. The highest BCUT2D eigenvalue weighted by molar-refractivity contribution is 5.94. The summed E-state index contributed by atoms with van der Waals surface area (Å²) in [4.78, 5) is 92.4. The smallest absolute Gasteiger partial charge is 0.326 e. The summed E-state index contributed by atoms with van der Waals surface area (Å²) in [5, 5.41) is 50.8. The van der Waals surface area contributed by atoms with Gasteiger partial charge in [0.1, 0.15) is 18.1 Å². The lowest BCUT2D eigenvalue weighted by molar-refractivity contribution is -0.144. The van der Waals surface area contributed by atoms with Crippen LogP contribution in [0.2, 0.25) is 0 Å². The van der Waals surface area contributed by atoms with Crippen LogP contribution in [0.3, 0.4) is 0 Å². The van der Waals surface area contributed by atoms with Gasteiger partial charge in [0.25, 0.3) is 0 Å². The minimum atomic E-state index is -1.68. The number of carbonyl (C=O) groups is 8. The molecule has 0 radical (unpaired) electrons. The molecular formula is C20H30N4O13. The zero-order chi connectivity index (χ0) is 28.7. The van der Waals surface area contributed by atoms with E-state index in [1.165, 1.54) is 0 Å². The van der Waals surface area contributed by atoms with Crippen molar-refractivity contribution >= 4 is 47.6 Å². The minimum Gasteiger partial charge on any atom is -0.481 e. The molecular weight excluding hydrogens is 504 g/mol. The third-order valence-electron chi connectivity index (χ3n) is 4.83. The summed E-state index contributed by atoms with van der Waals surface area (Å²) in [7, 11) is 0. The zero-order valence-electron chi connectivity index (χ0n) is 19.5. The fraction of sp³-hybridized carbons (Fsp3) is 0.600. The van der Waals surface area contributed by atoms with Gasteiger partial charge in [0.2, 0.25) is 17.7 Å². The Kier molecular flexibility index (Phi) is 14.5. The first-order valence-corrected chi connectivity index (χ1v) is 10.9. The van der Waals surface area contributed by atoms with E-state index in [2.05, 4.69) is 10.6 Å². The lowest BCUT2D eigenvalue weighted by Crippen LogP contribution is -2.57. The maximum Gasteiger partial charge on any atom is 0.326 e. The van der Waals surface area contributed by atoms with Crippen molar-refractivity contribution in [2.45, 2.75) is 75.5 Å². The van der Waals surface area contributed by atoms with Gasteiger partial charge < -0.3 is 47.2 Å². The molecule has 17 heteroatoms. The van der Waals surface area contributed by atoms with E-state index < -0.39 is 117 Å². The fourth-order valence-corrected chi connectivity index (χ4v) is 2.83. The molecule has 4 atom stereocenters. The van der Waals surface area contributed by atoms with Gasteiger partial charge in [0.05, 0.1) is 6.04 Å². The van der Waals surface area contributed by atoms with Crippen molar-refractivity contribution in [2.75, 3.05) is 0 Å². The number of hydrogen-bond acceptors (Lipinski definition) is 9. The summed E-state index contributed by atoms with van der Waals surface area (Å²) < 4.78 is 0. The first-order chi connectivity index (χ1) is 17.1. The third kappa shape index (κ3) is 14.7. The summed E-state index contributed by atoms with van der Waals surface area (Å²) in [5.41, 5.74) is 5.58. The molecule has 0 heterocycles. The summed E-state index contributed by atoms with van der Waals surface area (Å²) >= 11 is 0. The molecule has 0 aliphatic heterocycles. The van der Waals surface area contributed by atoms with Crippen molar-refractivity contribution in [3.63, 3.8) is 0 Å². The van der Waals surface area contributed by atoms with E-state index in [4.69, 9.17) is 26.2 Å². The van der Waals surface area contributed by atoms with Gasteiger partial charge in [-0.3, -0.25) is 33.6 Å². The molecule has 3 amide bonds. The quantitative estimate of drug-likeness (QED) is 0.0815. The van der Waals surface area contributed by atoms with Crippen LogP contribution in [-0.2, 0) is 38.4 Å². The van der Waals surface area contributed by atoms with E-state index in [-0.39, 0.29) is 6.42 Å². The van der Waals surface area contributed by atoms with E-state index in [9.17, 15) is 43.5 Å². The zero-order valence-corrected chi connectivity index (χ0v) is 19.5. The fourth-order valence-electron chi connectivity index (χ4n) is 2.83. The number of rotatable bonds is 19. The van der Waals surface area contributed by atoms with Gasteiger partial charge in [0.15, 0.2) is 0 Å². The molecule has 0 saturated carbocycles. The van der Waals surface area contributed by atoms with Crippen molar-refractivity contribution in [1.82, 2.24) is 16.0 Å². The van der Waals surface area contributed by atoms with Crippen LogP contribution in [0.1, 0.15) is 51.4 Å². The number of amides is 3. The highest BCUT2D eigenvalue weighted by Gasteiger charge is 2.31. The van der Waals surface area contributed by atoms with Gasteiger partial charge in [-0.1, -0.05) is 0 Å². The molecule has 0 rings (SSSR count). The monoisotopic (exact) mass is 534 g/mol. The van der Waals surface area contributed by atoms with Crippen LogP contribution < -0.4 is 21.7 Å². The van der Waals surface area contributed by atoms with Crippen LogP contribution >= 0.6 is 0 Å². The number of carbonyl (C=O) groups excluding carboxylic acids is 3. The highest BCUT2D eigenvalue weighted by Crippen LogP contribution is 2.06. The average molecular weight is 534 g/mol. The predicted molar refractivity (Wildman–Crippen MR) is 119 cm³/mol. The Morgan fingerprint density at radius 2 is 0.784 bits per heavy atom. The van der Waals surface area contributed by atoms with Crippen molar-refractivity contribution < 1.29 is 63.9 Å². The first kappa shape index (κ1) is 32.7. The largest absolute Gasteiger partial charge is 0.481 e. The molecule has 208 valence electrons. The molecule has 0 spiro atoms. The molecule has 0 aromatic heterocycles. The Bertz CT molecular complexity index is 891. The van der Waals surface area contributed by atoms with Crippen LogP contribution in [0.25, 0.3) is 0 Å². The Hall–Kier alpha value is -4.28. The number of carboxylic acid groups (broad SMARTS) is 5. The topological polar surface area (TPSA) is 300 Å². The van der Waals surface area contributed by atoms with E-state index in [0.717, 1.165) is 0 Å². The highest BCUT2D eigenvalue weighted by atomic mass is 16.4. The molecule has 0 aromatic rings. The van der Waals surface area contributed by atoms with E-state index >= 15 is 0 Å². The molecule has 0 unspecified atom stereocenters. The molecule has 0 aliphatic carbocycles. The lowest BCUT2D eigenvalue weighted by Gasteiger charge is -2.24. The molecule has 37 heavy (non-hydrogen) atoms. The maximum absolute atomic E-state index is 12.8. The Morgan fingerprint density at radius 3 is 1.14 bits per heavy atom. The molecule has 0 aromatic carbocycles. The van der Waals surface area contributed by atoms with Crippen LogP contribution in [-0.4, -0.2) is 97.3 Å². The molecule has 0 bridgehead atoms. The van der Waals surface area contributed by atoms with Crippen molar-refractivity contribution in [3.8, 4) is 0 Å². The Balaban J connectivity index is 5.64. The maximum atomic E-state index is 12.8. The Labute approximate surface area is 209 Å². The molecule has 0 aliphatic rings. The van der Waals surface area contributed by atoms with Gasteiger partial charge in [-0.15, -0.1) is 0 Å². The molecule has 10 N–H and O–H groups in total. The van der Waals surface area contributed by atoms with Crippen LogP contribution in [0.15, 0.2) is 0 Å². The van der Waals surface area contributed by atoms with Crippen molar-refractivity contribution in [3.05, 3.63) is 0 Å². The lowest BCUT2D eigenvalue weighted by atomic mass is 10.1. The average Bonchev–Trinajstić information content (AvgIpc) is 2.79. The van der Waals surface area contributed by atoms with Crippen LogP contribution in [0, 0.1) is 0 Å². The standard InChI is InChI=1S/C20H30N4O13/c21-9(1-5-13(25)26)17(33)22-10(2-6-14(27)28)18(34)23-11(3-7-15(29)30)19(35)24-12(20(36)37)4-8-16(31)32/h9-12H,1-8,21H2,(H,22,33)(H,23,34)(H,24,35)(H,25,26)(H,27,28)(H,29,30)(H,31,32)(H,36,37)/t9-,10-,11-,12-/m0/s1. The Morgan fingerprint density at radius 1 is 0.486 bits per heavy atom. The van der Waals surface area contributed by atoms with Gasteiger partial charge in [-0.2, -0.15) is 0 Å². The van der Waals surface area contributed by atoms with Crippen molar-refractivity contribution in [2.24, 2.45) is 5.73 Å². The van der Waals surface area contributed by atoms with E-state index in [0.29, 0.717) is 0 Å². The van der Waals surface area contributed by atoms with Gasteiger partial charge in [-0.05, 0) is 25.7 Å². The second kappa shape index (κ2) is 16.4. The second-order valence-corrected chi connectivity index (χ2v) is 7.86. The summed E-state index contributed by atoms with van der Waals surface area (Å²) in [6.45, 7) is 0. The van der Waals surface area contributed by atoms with Gasteiger partial charge >= 0.3 is 29.8 Å². The van der Waals surface area contributed by atoms with Crippen molar-refractivity contribution in [1.29, 1.82) is 0 Å². The number of nitrogens with one attached hydrogen (secondary N) is 3. The molecule has 0 saturated heterocycles. The van der Waals surface area contributed by atoms with E-state index in [1.54, 1.807) is 0 Å². The SMILES string of the molecule is N[C@@H](CCC(=O)O)C(=O)N[C@@H](CCC(=O)O)C(=O)N[C@@H](CCC(=O)O)C(=O)N[C@@H](CCC(=O)O)C(=O)O. The second-order valence-electron chi connectivity index (χ2n) is 7.86.